The Morgan fingerprint density at radius 1 is 0.404 bits per heavy atom. The molecule has 0 aliphatic heterocycles. The van der Waals surface area contributed by atoms with Crippen LogP contribution < -0.4 is 0 Å². The number of fused-ring (bicyclic) bond motifs is 9. The first-order chi connectivity index (χ1) is 28.2. The summed E-state index contributed by atoms with van der Waals surface area (Å²) in [5.74, 6) is 1.95. The highest BCUT2D eigenvalue weighted by Crippen LogP contribution is 2.45. The molecule has 0 amide bonds. The molecule has 4 aromatic heterocycles. The lowest BCUT2D eigenvalue weighted by Crippen LogP contribution is -1.99. The molecular weight excluding hydrogens is 717 g/mol. The second-order valence-electron chi connectivity index (χ2n) is 14.4. The quantitative estimate of drug-likeness (QED) is 0.176. The molecule has 0 radical (unpaired) electrons. The van der Waals surface area contributed by atoms with Crippen LogP contribution in [0.3, 0.4) is 0 Å². The summed E-state index contributed by atoms with van der Waals surface area (Å²) < 4.78 is 11.5. The van der Waals surface area contributed by atoms with E-state index in [2.05, 4.69) is 126 Å². The third-order valence-corrected chi connectivity index (χ3v) is 12.2. The first-order valence-electron chi connectivity index (χ1n) is 19.0. The molecule has 5 nitrogen and oxygen atoms in total. The van der Waals surface area contributed by atoms with Crippen molar-refractivity contribution in [1.29, 1.82) is 0 Å². The van der Waals surface area contributed by atoms with E-state index in [0.29, 0.717) is 17.5 Å². The van der Waals surface area contributed by atoms with Gasteiger partial charge >= 0.3 is 0 Å². The standard InChI is InChI=1S/C51H30N4OS/c1-3-13-31(14-4-1)49-52-50(32-15-5-2-6-16-32)54-51(53-49)33-25-27-40-46(29-33)57-45-24-12-19-37(47(40)45)38-20-11-21-39-41-30-34(26-28-44(41)56-48(38)39)55-42-22-9-7-17-35(42)36-18-8-10-23-43(36)55/h1-30H. The van der Waals surface area contributed by atoms with Gasteiger partial charge in [-0.3, -0.25) is 0 Å². The van der Waals surface area contributed by atoms with E-state index in [1.807, 2.05) is 60.7 Å². The zero-order chi connectivity index (χ0) is 37.5. The van der Waals surface area contributed by atoms with Gasteiger partial charge in [0.2, 0.25) is 0 Å². The van der Waals surface area contributed by atoms with Crippen molar-refractivity contribution >= 4 is 75.3 Å². The number of para-hydroxylation sites is 3. The Labute approximate surface area is 330 Å². The predicted molar refractivity (Wildman–Crippen MR) is 236 cm³/mol. The molecule has 0 saturated carbocycles. The first-order valence-corrected chi connectivity index (χ1v) is 19.8. The van der Waals surface area contributed by atoms with Crippen molar-refractivity contribution in [3.05, 3.63) is 182 Å². The maximum Gasteiger partial charge on any atom is 0.164 e. The van der Waals surface area contributed by atoms with Crippen LogP contribution in [0.1, 0.15) is 0 Å². The molecular formula is C51H30N4OS. The summed E-state index contributed by atoms with van der Waals surface area (Å²) in [4.78, 5) is 14.9. The minimum Gasteiger partial charge on any atom is -0.455 e. The summed E-state index contributed by atoms with van der Waals surface area (Å²) in [5.41, 5.74) is 10.3. The van der Waals surface area contributed by atoms with E-state index in [9.17, 15) is 0 Å². The molecule has 6 heteroatoms. The van der Waals surface area contributed by atoms with Gasteiger partial charge in [-0.25, -0.2) is 15.0 Å². The van der Waals surface area contributed by atoms with Gasteiger partial charge < -0.3 is 8.98 Å². The summed E-state index contributed by atoms with van der Waals surface area (Å²) in [6.07, 6.45) is 0. The second kappa shape index (κ2) is 12.6. The number of benzene rings is 8. The Hall–Kier alpha value is -7.41. The molecule has 0 bridgehead atoms. The Morgan fingerprint density at radius 3 is 1.70 bits per heavy atom. The fourth-order valence-corrected chi connectivity index (χ4v) is 9.64. The van der Waals surface area contributed by atoms with Crippen LogP contribution in [-0.2, 0) is 0 Å². The molecule has 0 aliphatic rings. The topological polar surface area (TPSA) is 56.7 Å². The van der Waals surface area contributed by atoms with E-state index in [4.69, 9.17) is 19.4 Å². The van der Waals surface area contributed by atoms with Gasteiger partial charge in [0, 0.05) is 69.7 Å². The lowest BCUT2D eigenvalue weighted by atomic mass is 9.97. The van der Waals surface area contributed by atoms with Crippen LogP contribution in [0.2, 0.25) is 0 Å². The maximum atomic E-state index is 6.77. The molecule has 266 valence electrons. The summed E-state index contributed by atoms with van der Waals surface area (Å²) in [5, 5.41) is 7.10. The van der Waals surface area contributed by atoms with Gasteiger partial charge in [-0.1, -0.05) is 140 Å². The van der Waals surface area contributed by atoms with Crippen LogP contribution >= 0.6 is 11.3 Å². The van der Waals surface area contributed by atoms with Crippen molar-refractivity contribution in [3.8, 4) is 51.0 Å². The summed E-state index contributed by atoms with van der Waals surface area (Å²) >= 11 is 1.79. The predicted octanol–water partition coefficient (Wildman–Crippen LogP) is 13.9. The molecule has 57 heavy (non-hydrogen) atoms. The maximum absolute atomic E-state index is 6.77. The van der Waals surface area contributed by atoms with Crippen molar-refractivity contribution in [3.63, 3.8) is 0 Å². The van der Waals surface area contributed by atoms with Gasteiger partial charge in [0.25, 0.3) is 0 Å². The van der Waals surface area contributed by atoms with E-state index in [0.717, 1.165) is 55.4 Å². The lowest BCUT2D eigenvalue weighted by Gasteiger charge is -2.09. The van der Waals surface area contributed by atoms with Gasteiger partial charge in [0.05, 0.1) is 11.0 Å². The van der Waals surface area contributed by atoms with Gasteiger partial charge in [0.15, 0.2) is 17.5 Å². The average Bonchev–Trinajstić information content (AvgIpc) is 3.96. The molecule has 0 N–H and O–H groups in total. The summed E-state index contributed by atoms with van der Waals surface area (Å²) in [7, 11) is 0. The van der Waals surface area contributed by atoms with Crippen LogP contribution in [0.15, 0.2) is 186 Å². The van der Waals surface area contributed by atoms with E-state index in [1.54, 1.807) is 11.3 Å². The minimum absolute atomic E-state index is 0.648. The Kier molecular flexibility index (Phi) is 7.03. The molecule has 4 heterocycles. The molecule has 0 spiro atoms. The zero-order valence-corrected chi connectivity index (χ0v) is 31.2. The van der Waals surface area contributed by atoms with Gasteiger partial charge in [-0.15, -0.1) is 11.3 Å². The molecule has 0 fully saturated rings. The summed E-state index contributed by atoms with van der Waals surface area (Å²) in [6.45, 7) is 0. The number of furan rings is 1. The van der Waals surface area contributed by atoms with Crippen LogP contribution in [-0.4, -0.2) is 19.5 Å². The molecule has 0 unspecified atom stereocenters. The van der Waals surface area contributed by atoms with Gasteiger partial charge in [-0.05, 0) is 48.0 Å². The largest absolute Gasteiger partial charge is 0.455 e. The highest BCUT2D eigenvalue weighted by molar-refractivity contribution is 7.26. The number of nitrogens with zero attached hydrogens (tertiary/aromatic N) is 4. The third kappa shape index (κ3) is 5.04. The Balaban J connectivity index is 1.00. The molecule has 8 aromatic carbocycles. The van der Waals surface area contributed by atoms with Crippen LogP contribution in [0.4, 0.5) is 0 Å². The SMILES string of the molecule is c1ccc(-c2nc(-c3ccccc3)nc(-c3ccc4c(c3)sc3cccc(-c5cccc6c5oc5ccc(-n7c8ccccc8c8ccccc87)cc56)c34)n2)cc1. The molecule has 12 aromatic rings. The highest BCUT2D eigenvalue weighted by atomic mass is 32.1. The number of thiophene rings is 1. The average molecular weight is 747 g/mol. The van der Waals surface area contributed by atoms with Crippen LogP contribution in [0.25, 0.3) is 115 Å². The van der Waals surface area contributed by atoms with Gasteiger partial charge in [0.1, 0.15) is 11.2 Å². The van der Waals surface area contributed by atoms with E-state index in [1.165, 1.54) is 42.0 Å². The number of hydrogen-bond donors (Lipinski definition) is 0. The summed E-state index contributed by atoms with van der Waals surface area (Å²) in [6, 6.07) is 63.7. The molecule has 0 aliphatic carbocycles. The molecule has 0 atom stereocenters. The third-order valence-electron chi connectivity index (χ3n) is 11.1. The van der Waals surface area contributed by atoms with Crippen molar-refractivity contribution in [2.45, 2.75) is 0 Å². The van der Waals surface area contributed by atoms with Crippen molar-refractivity contribution < 1.29 is 4.42 Å². The Morgan fingerprint density at radius 2 is 1.00 bits per heavy atom. The normalized spacial score (nSPS) is 11.9. The van der Waals surface area contributed by atoms with Gasteiger partial charge in [-0.2, -0.15) is 0 Å². The van der Waals surface area contributed by atoms with Crippen molar-refractivity contribution in [2.24, 2.45) is 0 Å². The van der Waals surface area contributed by atoms with Crippen molar-refractivity contribution in [1.82, 2.24) is 19.5 Å². The van der Waals surface area contributed by atoms with Crippen LogP contribution in [0, 0.1) is 0 Å². The number of aromatic nitrogens is 4. The first kappa shape index (κ1) is 31.9. The number of rotatable bonds is 5. The zero-order valence-electron chi connectivity index (χ0n) is 30.4. The van der Waals surface area contributed by atoms with E-state index < -0.39 is 0 Å². The monoisotopic (exact) mass is 746 g/mol. The highest BCUT2D eigenvalue weighted by Gasteiger charge is 2.20. The number of hydrogen-bond acceptors (Lipinski definition) is 5. The van der Waals surface area contributed by atoms with E-state index in [-0.39, 0.29) is 0 Å². The lowest BCUT2D eigenvalue weighted by molar-refractivity contribution is 0.670. The fourth-order valence-electron chi connectivity index (χ4n) is 8.47. The van der Waals surface area contributed by atoms with E-state index >= 15 is 0 Å². The van der Waals surface area contributed by atoms with Crippen LogP contribution in [0.5, 0.6) is 0 Å². The fraction of sp³-hybridized carbons (Fsp3) is 0. The smallest absolute Gasteiger partial charge is 0.164 e. The minimum atomic E-state index is 0.648. The second-order valence-corrected chi connectivity index (χ2v) is 15.4. The van der Waals surface area contributed by atoms with Crippen molar-refractivity contribution in [2.75, 3.05) is 0 Å². The molecule has 0 saturated heterocycles. The Bertz CT molecular complexity index is 3420. The molecule has 12 rings (SSSR count).